The molecule has 0 amide bonds. The smallest absolute Gasteiger partial charge is 0.0945 e. The maximum atomic E-state index is 9.69. The molecule has 1 aliphatic heterocycles. The Bertz CT molecular complexity index is 292. The van der Waals surface area contributed by atoms with Crippen molar-refractivity contribution >= 4 is 21.6 Å². The number of hydrogen-bond donors (Lipinski definition) is 1. The Hall–Kier alpha value is -0.160. The Morgan fingerprint density at radius 1 is 1.20 bits per heavy atom. The molecule has 1 aliphatic rings. The zero-order valence-electron chi connectivity index (χ0n) is 8.33. The Morgan fingerprint density at radius 3 is 2.67 bits per heavy atom. The molecule has 0 spiro atoms. The van der Waals surface area contributed by atoms with Crippen LogP contribution in [0.15, 0.2) is 30.3 Å². The number of rotatable bonds is 3. The van der Waals surface area contributed by atoms with E-state index in [0.29, 0.717) is 6.61 Å². The summed E-state index contributed by atoms with van der Waals surface area (Å²) in [4.78, 5) is 0. The Balaban J connectivity index is 1.82. The lowest BCUT2D eigenvalue weighted by Gasteiger charge is -2.26. The monoisotopic (exact) mass is 242 g/mol. The van der Waals surface area contributed by atoms with Crippen molar-refractivity contribution in [3.05, 3.63) is 35.9 Å². The minimum atomic E-state index is -0.319. The van der Waals surface area contributed by atoms with Crippen LogP contribution < -0.4 is 0 Å². The van der Waals surface area contributed by atoms with Crippen LogP contribution in [0.25, 0.3) is 0 Å². The molecule has 0 unspecified atom stereocenters. The van der Waals surface area contributed by atoms with Gasteiger partial charge in [0.1, 0.15) is 0 Å². The molecule has 0 saturated carbocycles. The minimum Gasteiger partial charge on any atom is -0.389 e. The largest absolute Gasteiger partial charge is 0.389 e. The van der Waals surface area contributed by atoms with Gasteiger partial charge < -0.3 is 9.84 Å². The summed E-state index contributed by atoms with van der Waals surface area (Å²) in [6.45, 7) is 0.591. The number of hydrogen-bond acceptors (Lipinski definition) is 4. The van der Waals surface area contributed by atoms with Gasteiger partial charge in [0, 0.05) is 11.5 Å². The van der Waals surface area contributed by atoms with E-state index in [0.717, 1.165) is 17.1 Å². The van der Waals surface area contributed by atoms with Crippen molar-refractivity contribution < 1.29 is 9.84 Å². The highest BCUT2D eigenvalue weighted by molar-refractivity contribution is 8.76. The molecule has 15 heavy (non-hydrogen) atoms. The molecule has 0 bridgehead atoms. The summed E-state index contributed by atoms with van der Waals surface area (Å²) in [6.07, 6.45) is -0.337. The second kappa shape index (κ2) is 5.80. The Morgan fingerprint density at radius 2 is 1.93 bits per heavy atom. The van der Waals surface area contributed by atoms with Crippen LogP contribution in [0.5, 0.6) is 0 Å². The lowest BCUT2D eigenvalue weighted by atomic mass is 10.2. The molecule has 1 heterocycles. The lowest BCUT2D eigenvalue weighted by molar-refractivity contribution is -0.0225. The topological polar surface area (TPSA) is 29.5 Å². The van der Waals surface area contributed by atoms with Crippen LogP contribution in [0.3, 0.4) is 0 Å². The van der Waals surface area contributed by atoms with Crippen LogP contribution in [0.4, 0.5) is 0 Å². The lowest BCUT2D eigenvalue weighted by Crippen LogP contribution is -2.35. The minimum absolute atomic E-state index is 0.0172. The van der Waals surface area contributed by atoms with E-state index in [4.69, 9.17) is 4.74 Å². The van der Waals surface area contributed by atoms with E-state index in [1.54, 1.807) is 21.6 Å². The molecule has 2 rings (SSSR count). The van der Waals surface area contributed by atoms with E-state index in [-0.39, 0.29) is 12.2 Å². The SMILES string of the molecule is O[C@@H]1CSSC[C@@H]1OCc1ccccc1. The molecule has 82 valence electrons. The fourth-order valence-corrected chi connectivity index (χ4v) is 3.79. The molecule has 1 N–H and O–H groups in total. The van der Waals surface area contributed by atoms with Gasteiger partial charge in [-0.25, -0.2) is 0 Å². The van der Waals surface area contributed by atoms with E-state index in [1.165, 1.54) is 0 Å². The van der Waals surface area contributed by atoms with Crippen molar-refractivity contribution in [1.29, 1.82) is 0 Å². The summed E-state index contributed by atoms with van der Waals surface area (Å²) < 4.78 is 5.70. The van der Waals surface area contributed by atoms with Crippen molar-refractivity contribution in [3.8, 4) is 0 Å². The van der Waals surface area contributed by atoms with E-state index >= 15 is 0 Å². The third-order valence-electron chi connectivity index (χ3n) is 2.29. The molecular formula is C11H14O2S2. The maximum Gasteiger partial charge on any atom is 0.0945 e. The quantitative estimate of drug-likeness (QED) is 0.824. The van der Waals surface area contributed by atoms with Crippen LogP contribution in [-0.2, 0) is 11.3 Å². The van der Waals surface area contributed by atoms with Gasteiger partial charge in [-0.3, -0.25) is 0 Å². The maximum absolute atomic E-state index is 9.69. The van der Waals surface area contributed by atoms with Gasteiger partial charge in [-0.1, -0.05) is 51.9 Å². The fraction of sp³-hybridized carbons (Fsp3) is 0.455. The van der Waals surface area contributed by atoms with E-state index in [1.807, 2.05) is 30.3 Å². The summed E-state index contributed by atoms with van der Waals surface area (Å²) in [6, 6.07) is 10.1. The molecule has 1 fully saturated rings. The summed E-state index contributed by atoms with van der Waals surface area (Å²) >= 11 is 0. The molecule has 0 aliphatic carbocycles. The second-order valence-corrected chi connectivity index (χ2v) is 6.02. The molecule has 2 nitrogen and oxygen atoms in total. The van der Waals surface area contributed by atoms with Gasteiger partial charge >= 0.3 is 0 Å². The first-order chi connectivity index (χ1) is 7.36. The van der Waals surface area contributed by atoms with Crippen molar-refractivity contribution in [2.24, 2.45) is 0 Å². The van der Waals surface area contributed by atoms with E-state index in [9.17, 15) is 5.11 Å². The van der Waals surface area contributed by atoms with Gasteiger partial charge in [-0.2, -0.15) is 0 Å². The fourth-order valence-electron chi connectivity index (χ4n) is 1.39. The number of ether oxygens (including phenoxy) is 1. The molecular weight excluding hydrogens is 228 g/mol. The predicted molar refractivity (Wildman–Crippen MR) is 65.9 cm³/mol. The standard InChI is InChI=1S/C11H14O2S2/c12-10-7-14-15-8-11(10)13-6-9-4-2-1-3-5-9/h1-5,10-12H,6-8H2/t10-,11+/m1/s1. The third kappa shape index (κ3) is 3.41. The Labute approximate surface area is 97.8 Å². The predicted octanol–water partition coefficient (Wildman–Crippen LogP) is 2.33. The van der Waals surface area contributed by atoms with E-state index < -0.39 is 0 Å². The summed E-state index contributed by atoms with van der Waals surface area (Å²) in [7, 11) is 3.49. The normalized spacial score (nSPS) is 26.5. The van der Waals surface area contributed by atoms with Gasteiger partial charge in [0.2, 0.25) is 0 Å². The number of aliphatic hydroxyl groups is 1. The highest BCUT2D eigenvalue weighted by Gasteiger charge is 2.24. The molecule has 0 aromatic heterocycles. The summed E-state index contributed by atoms with van der Waals surface area (Å²) in [5.41, 5.74) is 1.16. The highest BCUT2D eigenvalue weighted by atomic mass is 33.1. The average Bonchev–Trinajstić information content (AvgIpc) is 2.29. The number of benzene rings is 1. The van der Waals surface area contributed by atoms with Gasteiger partial charge in [0.05, 0.1) is 18.8 Å². The van der Waals surface area contributed by atoms with Gasteiger partial charge in [0.15, 0.2) is 0 Å². The zero-order chi connectivity index (χ0) is 10.5. The first-order valence-corrected chi connectivity index (χ1v) is 7.43. The molecule has 4 heteroatoms. The van der Waals surface area contributed by atoms with Gasteiger partial charge in [0.25, 0.3) is 0 Å². The summed E-state index contributed by atoms with van der Waals surface area (Å²) in [5.74, 6) is 1.64. The van der Waals surface area contributed by atoms with Crippen LogP contribution in [0.1, 0.15) is 5.56 Å². The van der Waals surface area contributed by atoms with Crippen molar-refractivity contribution in [1.82, 2.24) is 0 Å². The van der Waals surface area contributed by atoms with Gasteiger partial charge in [-0.15, -0.1) is 0 Å². The van der Waals surface area contributed by atoms with Crippen LogP contribution in [-0.4, -0.2) is 28.8 Å². The van der Waals surface area contributed by atoms with Crippen molar-refractivity contribution in [2.75, 3.05) is 11.5 Å². The van der Waals surface area contributed by atoms with Crippen LogP contribution in [0, 0.1) is 0 Å². The number of aliphatic hydroxyl groups excluding tert-OH is 1. The second-order valence-electron chi connectivity index (χ2n) is 3.47. The molecule has 1 saturated heterocycles. The van der Waals surface area contributed by atoms with Crippen molar-refractivity contribution in [3.63, 3.8) is 0 Å². The van der Waals surface area contributed by atoms with Crippen molar-refractivity contribution in [2.45, 2.75) is 18.8 Å². The first kappa shape index (κ1) is 11.3. The summed E-state index contributed by atoms with van der Waals surface area (Å²) in [5, 5.41) is 9.69. The third-order valence-corrected chi connectivity index (χ3v) is 4.72. The first-order valence-electron chi connectivity index (χ1n) is 4.94. The molecule has 1 aromatic rings. The highest BCUT2D eigenvalue weighted by Crippen LogP contribution is 2.31. The molecule has 2 atom stereocenters. The molecule has 1 aromatic carbocycles. The average molecular weight is 242 g/mol. The van der Waals surface area contributed by atoms with Gasteiger partial charge in [-0.05, 0) is 5.56 Å². The zero-order valence-corrected chi connectivity index (χ0v) is 9.97. The van der Waals surface area contributed by atoms with Crippen LogP contribution in [0.2, 0.25) is 0 Å². The van der Waals surface area contributed by atoms with Crippen LogP contribution >= 0.6 is 21.6 Å². The molecule has 0 radical (unpaired) electrons. The Kier molecular flexibility index (Phi) is 4.38. The van der Waals surface area contributed by atoms with E-state index in [2.05, 4.69) is 0 Å².